The van der Waals surface area contributed by atoms with Crippen molar-refractivity contribution in [2.75, 3.05) is 5.32 Å². The van der Waals surface area contributed by atoms with Crippen molar-refractivity contribution in [1.82, 2.24) is 0 Å². The summed E-state index contributed by atoms with van der Waals surface area (Å²) in [4.78, 5) is 0. The monoisotopic (exact) mass is 317 g/mol. The molecule has 3 rings (SSSR count). The van der Waals surface area contributed by atoms with Crippen LogP contribution in [-0.4, -0.2) is 12.0 Å². The summed E-state index contributed by atoms with van der Waals surface area (Å²) in [6, 6.07) is 17.7. The van der Waals surface area contributed by atoms with E-state index in [1.54, 1.807) is 0 Å². The maximum atomic E-state index is 13.3. The fraction of sp³-hybridized carbons (Fsp3) is 0.368. The molecular weight excluding hydrogens is 296 g/mol. The molecule has 0 bridgehead atoms. The van der Waals surface area contributed by atoms with Gasteiger partial charge in [-0.05, 0) is 30.5 Å². The highest BCUT2D eigenvalue weighted by atomic mass is 19.3. The predicted octanol–water partition coefficient (Wildman–Crippen LogP) is 5.26. The lowest BCUT2D eigenvalue weighted by Crippen LogP contribution is -2.32. The maximum Gasteiger partial charge on any atom is 0.248 e. The summed E-state index contributed by atoms with van der Waals surface area (Å²) < 4.78 is 32.4. The molecule has 1 aliphatic carbocycles. The van der Waals surface area contributed by atoms with Crippen LogP contribution in [-0.2, 0) is 6.61 Å². The number of hydrogen-bond acceptors (Lipinski definition) is 2. The fourth-order valence-electron chi connectivity index (χ4n) is 2.85. The van der Waals surface area contributed by atoms with Crippen molar-refractivity contribution in [2.24, 2.45) is 0 Å². The van der Waals surface area contributed by atoms with Crippen LogP contribution in [0.25, 0.3) is 0 Å². The van der Waals surface area contributed by atoms with E-state index in [4.69, 9.17) is 4.74 Å². The highest BCUT2D eigenvalue weighted by Crippen LogP contribution is 2.35. The van der Waals surface area contributed by atoms with Gasteiger partial charge in [0.2, 0.25) is 5.92 Å². The van der Waals surface area contributed by atoms with Gasteiger partial charge in [0.25, 0.3) is 0 Å². The minimum absolute atomic E-state index is 0.0439. The lowest BCUT2D eigenvalue weighted by molar-refractivity contribution is -0.0360. The van der Waals surface area contributed by atoms with E-state index >= 15 is 0 Å². The Morgan fingerprint density at radius 2 is 1.61 bits per heavy atom. The Labute approximate surface area is 135 Å². The lowest BCUT2D eigenvalue weighted by atomic mass is 9.92. The van der Waals surface area contributed by atoms with Gasteiger partial charge in [0.15, 0.2) is 0 Å². The Morgan fingerprint density at radius 3 is 2.35 bits per heavy atom. The van der Waals surface area contributed by atoms with E-state index in [0.29, 0.717) is 19.4 Å². The van der Waals surface area contributed by atoms with Crippen molar-refractivity contribution >= 4 is 5.69 Å². The van der Waals surface area contributed by atoms with Crippen molar-refractivity contribution in [3.05, 3.63) is 60.2 Å². The molecule has 23 heavy (non-hydrogen) atoms. The summed E-state index contributed by atoms with van der Waals surface area (Å²) in [7, 11) is 0. The van der Waals surface area contributed by atoms with E-state index in [9.17, 15) is 8.78 Å². The van der Waals surface area contributed by atoms with Gasteiger partial charge in [-0.25, -0.2) is 8.78 Å². The second kappa shape index (κ2) is 6.99. The van der Waals surface area contributed by atoms with Crippen molar-refractivity contribution in [3.63, 3.8) is 0 Å². The van der Waals surface area contributed by atoms with Gasteiger partial charge in [0, 0.05) is 18.9 Å². The highest BCUT2D eigenvalue weighted by molar-refractivity contribution is 5.56. The third kappa shape index (κ3) is 4.44. The summed E-state index contributed by atoms with van der Waals surface area (Å²) in [5.74, 6) is -1.74. The predicted molar refractivity (Wildman–Crippen MR) is 88.0 cm³/mol. The number of hydrogen-bond donors (Lipinski definition) is 1. The molecule has 0 aliphatic heterocycles. The molecule has 0 atom stereocenters. The average molecular weight is 317 g/mol. The molecule has 0 heterocycles. The second-order valence-electron chi connectivity index (χ2n) is 6.04. The van der Waals surface area contributed by atoms with Crippen LogP contribution in [0.2, 0.25) is 0 Å². The van der Waals surface area contributed by atoms with E-state index in [1.165, 1.54) is 0 Å². The number of ether oxygens (including phenoxy) is 1. The van der Waals surface area contributed by atoms with Gasteiger partial charge in [-0.3, -0.25) is 0 Å². The van der Waals surface area contributed by atoms with Gasteiger partial charge in [-0.1, -0.05) is 42.5 Å². The van der Waals surface area contributed by atoms with Gasteiger partial charge in [0.1, 0.15) is 12.4 Å². The molecule has 1 saturated carbocycles. The highest BCUT2D eigenvalue weighted by Gasteiger charge is 2.34. The molecule has 0 aromatic heterocycles. The third-order valence-electron chi connectivity index (χ3n) is 4.20. The smallest absolute Gasteiger partial charge is 0.248 e. The van der Waals surface area contributed by atoms with Gasteiger partial charge in [-0.15, -0.1) is 0 Å². The molecule has 0 spiro atoms. The van der Waals surface area contributed by atoms with Crippen LogP contribution in [0.1, 0.15) is 31.2 Å². The first-order chi connectivity index (χ1) is 11.1. The standard InChI is InChI=1S/C19H21F2NO/c20-19(21)12-10-16(11-13-19)22-17-8-4-5-9-18(17)23-14-15-6-2-1-3-7-15/h1-9,16,22H,10-14H2. The van der Waals surface area contributed by atoms with Gasteiger partial charge in [-0.2, -0.15) is 0 Å². The van der Waals surface area contributed by atoms with E-state index < -0.39 is 5.92 Å². The topological polar surface area (TPSA) is 21.3 Å². The molecule has 1 N–H and O–H groups in total. The minimum atomic E-state index is -2.50. The minimum Gasteiger partial charge on any atom is -0.487 e. The van der Waals surface area contributed by atoms with Crippen molar-refractivity contribution in [2.45, 2.75) is 44.3 Å². The quantitative estimate of drug-likeness (QED) is 0.812. The SMILES string of the molecule is FC1(F)CCC(Nc2ccccc2OCc2ccccc2)CC1. The molecule has 0 unspecified atom stereocenters. The summed E-state index contributed by atoms with van der Waals surface area (Å²) in [6.07, 6.45) is 0.884. The Hall–Kier alpha value is -2.10. The lowest BCUT2D eigenvalue weighted by Gasteiger charge is -2.30. The molecule has 4 heteroatoms. The number of benzene rings is 2. The number of rotatable bonds is 5. The Kier molecular flexibility index (Phi) is 4.79. The molecular formula is C19H21F2NO. The first-order valence-electron chi connectivity index (χ1n) is 8.02. The Morgan fingerprint density at radius 1 is 0.957 bits per heavy atom. The molecule has 0 radical (unpaired) electrons. The maximum absolute atomic E-state index is 13.3. The molecule has 2 nitrogen and oxygen atoms in total. The van der Waals surface area contributed by atoms with E-state index in [1.807, 2.05) is 54.6 Å². The van der Waals surface area contributed by atoms with Crippen LogP contribution >= 0.6 is 0 Å². The molecule has 0 amide bonds. The van der Waals surface area contributed by atoms with Crippen LogP contribution < -0.4 is 10.1 Å². The molecule has 1 aliphatic rings. The summed E-state index contributed by atoms with van der Waals surface area (Å²) >= 11 is 0. The fourth-order valence-corrected chi connectivity index (χ4v) is 2.85. The number of para-hydroxylation sites is 2. The van der Waals surface area contributed by atoms with Crippen molar-refractivity contribution in [3.8, 4) is 5.75 Å². The number of anilines is 1. The number of alkyl halides is 2. The van der Waals surface area contributed by atoms with E-state index in [-0.39, 0.29) is 18.9 Å². The van der Waals surface area contributed by atoms with Crippen molar-refractivity contribution < 1.29 is 13.5 Å². The normalized spacial score (nSPS) is 17.7. The van der Waals surface area contributed by atoms with E-state index in [0.717, 1.165) is 17.0 Å². The third-order valence-corrected chi connectivity index (χ3v) is 4.20. The van der Waals surface area contributed by atoms with Crippen LogP contribution in [0.15, 0.2) is 54.6 Å². The first kappa shape index (κ1) is 15.8. The Balaban J connectivity index is 1.62. The molecule has 1 fully saturated rings. The van der Waals surface area contributed by atoms with Gasteiger partial charge in [0.05, 0.1) is 5.69 Å². The molecule has 0 saturated heterocycles. The molecule has 2 aromatic rings. The van der Waals surface area contributed by atoms with Gasteiger partial charge < -0.3 is 10.1 Å². The first-order valence-corrected chi connectivity index (χ1v) is 8.02. The molecule has 122 valence electrons. The van der Waals surface area contributed by atoms with Gasteiger partial charge >= 0.3 is 0 Å². The Bertz CT molecular complexity index is 620. The summed E-state index contributed by atoms with van der Waals surface area (Å²) in [6.45, 7) is 0.488. The largest absolute Gasteiger partial charge is 0.487 e. The van der Waals surface area contributed by atoms with Crippen LogP contribution in [0.3, 0.4) is 0 Å². The summed E-state index contributed by atoms with van der Waals surface area (Å²) in [5.41, 5.74) is 1.97. The van der Waals surface area contributed by atoms with Crippen LogP contribution in [0, 0.1) is 0 Å². The summed E-state index contributed by atoms with van der Waals surface area (Å²) in [5, 5.41) is 3.37. The zero-order valence-electron chi connectivity index (χ0n) is 13.0. The second-order valence-corrected chi connectivity index (χ2v) is 6.04. The number of nitrogens with one attached hydrogen (secondary N) is 1. The van der Waals surface area contributed by atoms with Crippen LogP contribution in [0.4, 0.5) is 14.5 Å². The average Bonchev–Trinajstić information content (AvgIpc) is 2.57. The zero-order valence-corrected chi connectivity index (χ0v) is 13.0. The van der Waals surface area contributed by atoms with E-state index in [2.05, 4.69) is 5.32 Å². The zero-order chi connectivity index (χ0) is 16.1. The molecule has 2 aromatic carbocycles. The van der Waals surface area contributed by atoms with Crippen LogP contribution in [0.5, 0.6) is 5.75 Å². The van der Waals surface area contributed by atoms with Crippen molar-refractivity contribution in [1.29, 1.82) is 0 Å². The number of halogens is 2.